The molecule has 0 unspecified atom stereocenters. The fourth-order valence-corrected chi connectivity index (χ4v) is 8.56. The summed E-state index contributed by atoms with van der Waals surface area (Å²) in [5.74, 6) is -0.869. The number of benzene rings is 2. The average Bonchev–Trinajstić information content (AvgIpc) is 3.46. The molecule has 0 saturated heterocycles. The van der Waals surface area contributed by atoms with Gasteiger partial charge in [-0.1, -0.05) is 57.7 Å². The molecule has 0 fully saturated rings. The lowest BCUT2D eigenvalue weighted by atomic mass is 9.79. The summed E-state index contributed by atoms with van der Waals surface area (Å²) in [7, 11) is -3.64. The number of aromatic nitrogens is 2. The van der Waals surface area contributed by atoms with Crippen LogP contribution in [0.2, 0.25) is 0 Å². The molecule has 2 heterocycles. The maximum Gasteiger partial charge on any atom is 0.321 e. The number of imidazole rings is 1. The van der Waals surface area contributed by atoms with Crippen molar-refractivity contribution >= 4 is 38.9 Å². The van der Waals surface area contributed by atoms with Gasteiger partial charge < -0.3 is 15.0 Å². The second-order valence-corrected chi connectivity index (χ2v) is 13.9. The second-order valence-electron chi connectivity index (χ2n) is 11.1. The maximum absolute atomic E-state index is 14.3. The SMILES string of the molecule is CCCCC1(CCCC)CN(c2ccccc2)c2cc(SC)c(CN[C@H](Cc3c[nH]cn3)C(=O)O)cc2S(=O)(=O)C1. The topological polar surface area (TPSA) is 115 Å². The third-order valence-electron chi connectivity index (χ3n) is 7.97. The van der Waals surface area contributed by atoms with Gasteiger partial charge in [0.15, 0.2) is 9.84 Å². The van der Waals surface area contributed by atoms with Gasteiger partial charge in [-0.25, -0.2) is 13.4 Å². The minimum Gasteiger partial charge on any atom is -0.480 e. The van der Waals surface area contributed by atoms with E-state index in [1.807, 2.05) is 42.7 Å². The monoisotopic (exact) mass is 598 g/mol. The van der Waals surface area contributed by atoms with Crippen LogP contribution in [0.5, 0.6) is 0 Å². The number of fused-ring (bicyclic) bond motifs is 1. The van der Waals surface area contributed by atoms with Crippen LogP contribution in [0.3, 0.4) is 0 Å². The summed E-state index contributed by atoms with van der Waals surface area (Å²) in [6, 6.07) is 13.0. The van der Waals surface area contributed by atoms with Crippen molar-refractivity contribution in [2.24, 2.45) is 5.41 Å². The zero-order valence-electron chi connectivity index (χ0n) is 24.2. The fourth-order valence-electron chi connectivity index (χ4n) is 5.79. The van der Waals surface area contributed by atoms with Crippen molar-refractivity contribution < 1.29 is 18.3 Å². The number of carboxylic acid groups (broad SMARTS) is 1. The van der Waals surface area contributed by atoms with Crippen molar-refractivity contribution in [1.29, 1.82) is 0 Å². The molecular formula is C31H42N4O4S2. The summed E-state index contributed by atoms with van der Waals surface area (Å²) in [5, 5.41) is 13.0. The zero-order chi connectivity index (χ0) is 29.5. The lowest BCUT2D eigenvalue weighted by Gasteiger charge is -2.37. The van der Waals surface area contributed by atoms with E-state index < -0.39 is 21.8 Å². The van der Waals surface area contributed by atoms with E-state index in [0.29, 0.717) is 22.8 Å². The van der Waals surface area contributed by atoms with Gasteiger partial charge in [0.05, 0.1) is 28.4 Å². The van der Waals surface area contributed by atoms with E-state index in [2.05, 4.69) is 34.0 Å². The van der Waals surface area contributed by atoms with Gasteiger partial charge in [-0.2, -0.15) is 0 Å². The summed E-state index contributed by atoms with van der Waals surface area (Å²) in [5.41, 5.74) is 2.73. The first-order valence-corrected chi connectivity index (χ1v) is 17.3. The number of para-hydroxylation sites is 1. The van der Waals surface area contributed by atoms with E-state index in [4.69, 9.17) is 0 Å². The van der Waals surface area contributed by atoms with Crippen LogP contribution < -0.4 is 10.2 Å². The van der Waals surface area contributed by atoms with Crippen molar-refractivity contribution in [3.63, 3.8) is 0 Å². The summed E-state index contributed by atoms with van der Waals surface area (Å²) < 4.78 is 28.5. The Kier molecular flexibility index (Phi) is 10.5. The molecule has 2 aromatic carbocycles. The van der Waals surface area contributed by atoms with Crippen LogP contribution in [-0.4, -0.2) is 54.1 Å². The molecule has 0 aliphatic carbocycles. The van der Waals surface area contributed by atoms with Crippen LogP contribution in [0.1, 0.15) is 63.6 Å². The predicted octanol–water partition coefficient (Wildman–Crippen LogP) is 6.21. The molecule has 0 spiro atoms. The number of nitrogens with one attached hydrogen (secondary N) is 2. The third-order valence-corrected chi connectivity index (χ3v) is 10.8. The second kappa shape index (κ2) is 13.9. The Hall–Kier alpha value is -2.82. The van der Waals surface area contributed by atoms with Crippen LogP contribution in [0.4, 0.5) is 11.4 Å². The molecule has 1 aromatic heterocycles. The number of hydrogen-bond donors (Lipinski definition) is 3. The highest BCUT2D eigenvalue weighted by Crippen LogP contribution is 2.46. The van der Waals surface area contributed by atoms with E-state index in [1.165, 1.54) is 18.1 Å². The summed E-state index contributed by atoms with van der Waals surface area (Å²) in [4.78, 5) is 22.5. The zero-order valence-corrected chi connectivity index (χ0v) is 25.9. The largest absolute Gasteiger partial charge is 0.480 e. The number of aliphatic carboxylic acids is 1. The Balaban J connectivity index is 1.78. The van der Waals surface area contributed by atoms with Crippen molar-refractivity contribution in [3.05, 3.63) is 66.2 Å². The van der Waals surface area contributed by atoms with Crippen molar-refractivity contribution in [3.8, 4) is 0 Å². The standard InChI is InChI=1S/C31H42N4O4S2/c1-4-6-13-31(14-7-5-2)20-35(25-11-9-8-10-12-25)27-17-28(40-3)23(15-29(27)41(38,39)21-31)18-33-26(30(36)37)16-24-19-32-22-34-24/h8-12,15,17,19,22,26,33H,4-7,13-14,16,18,20-21H2,1-3H3,(H,32,34)(H,36,37)/t26-/m1/s1. The molecule has 3 aromatic rings. The highest BCUT2D eigenvalue weighted by molar-refractivity contribution is 7.98. The number of anilines is 2. The van der Waals surface area contributed by atoms with Gasteiger partial charge in [-0.05, 0) is 48.9 Å². The first-order chi connectivity index (χ1) is 19.7. The molecule has 1 aliphatic heterocycles. The van der Waals surface area contributed by atoms with E-state index >= 15 is 0 Å². The summed E-state index contributed by atoms with van der Waals surface area (Å²) in [6.45, 7) is 5.17. The van der Waals surface area contributed by atoms with Crippen molar-refractivity contribution in [1.82, 2.24) is 15.3 Å². The molecule has 1 atom stereocenters. The normalized spacial score (nSPS) is 16.6. The van der Waals surface area contributed by atoms with E-state index in [9.17, 15) is 18.3 Å². The number of hydrogen-bond acceptors (Lipinski definition) is 7. The summed E-state index contributed by atoms with van der Waals surface area (Å²) in [6.07, 6.45) is 11.1. The van der Waals surface area contributed by atoms with Gasteiger partial charge in [-0.3, -0.25) is 10.1 Å². The molecule has 0 radical (unpaired) electrons. The van der Waals surface area contributed by atoms with Gasteiger partial charge in [0.25, 0.3) is 0 Å². The Bertz CT molecular complexity index is 1390. The van der Waals surface area contributed by atoms with E-state index in [0.717, 1.165) is 54.7 Å². The van der Waals surface area contributed by atoms with Gasteiger partial charge >= 0.3 is 5.97 Å². The maximum atomic E-state index is 14.3. The minimum atomic E-state index is -3.64. The van der Waals surface area contributed by atoms with Gasteiger partial charge in [0.2, 0.25) is 0 Å². The third kappa shape index (κ3) is 7.53. The molecule has 8 nitrogen and oxygen atoms in total. The highest BCUT2D eigenvalue weighted by atomic mass is 32.2. The van der Waals surface area contributed by atoms with Crippen LogP contribution in [-0.2, 0) is 27.6 Å². The van der Waals surface area contributed by atoms with Crippen LogP contribution in [0, 0.1) is 5.41 Å². The number of nitrogens with zero attached hydrogens (tertiary/aromatic N) is 2. The van der Waals surface area contributed by atoms with E-state index in [1.54, 1.807) is 12.3 Å². The number of unbranched alkanes of at least 4 members (excludes halogenated alkanes) is 2. The number of H-pyrrole nitrogens is 1. The molecular weight excluding hydrogens is 556 g/mol. The van der Waals surface area contributed by atoms with E-state index in [-0.39, 0.29) is 24.1 Å². The lowest BCUT2D eigenvalue weighted by molar-refractivity contribution is -0.139. The predicted molar refractivity (Wildman–Crippen MR) is 166 cm³/mol. The molecule has 10 heteroatoms. The van der Waals surface area contributed by atoms with Crippen molar-refractivity contribution in [2.75, 3.05) is 23.5 Å². The Morgan fingerprint density at radius 1 is 1.17 bits per heavy atom. The molecule has 4 rings (SSSR count). The molecule has 41 heavy (non-hydrogen) atoms. The fraction of sp³-hybridized carbons (Fsp3) is 0.484. The Morgan fingerprint density at radius 2 is 1.88 bits per heavy atom. The molecule has 0 amide bonds. The number of rotatable bonds is 14. The lowest BCUT2D eigenvalue weighted by Crippen LogP contribution is -2.38. The molecule has 0 bridgehead atoms. The smallest absolute Gasteiger partial charge is 0.321 e. The highest BCUT2D eigenvalue weighted by Gasteiger charge is 2.42. The first kappa shape index (κ1) is 31.1. The van der Waals surface area contributed by atoms with Crippen LogP contribution in [0.15, 0.2) is 64.8 Å². The average molecular weight is 599 g/mol. The first-order valence-electron chi connectivity index (χ1n) is 14.4. The Labute approximate surface area is 248 Å². The molecule has 0 saturated carbocycles. The molecule has 1 aliphatic rings. The van der Waals surface area contributed by atoms with Crippen LogP contribution >= 0.6 is 11.8 Å². The van der Waals surface area contributed by atoms with Gasteiger partial charge in [0, 0.05) is 41.7 Å². The van der Waals surface area contributed by atoms with Gasteiger partial charge in [-0.15, -0.1) is 11.8 Å². The quantitative estimate of drug-likeness (QED) is 0.188. The van der Waals surface area contributed by atoms with Crippen molar-refractivity contribution in [2.45, 2.75) is 81.2 Å². The number of carbonyl (C=O) groups is 1. The molecule has 3 N–H and O–H groups in total. The molecule has 222 valence electrons. The van der Waals surface area contributed by atoms with Gasteiger partial charge in [0.1, 0.15) is 6.04 Å². The number of thioether (sulfide) groups is 1. The number of aromatic amines is 1. The Morgan fingerprint density at radius 3 is 2.46 bits per heavy atom. The number of carboxylic acids is 1. The summed E-state index contributed by atoms with van der Waals surface area (Å²) >= 11 is 1.54. The van der Waals surface area contributed by atoms with Crippen LogP contribution in [0.25, 0.3) is 0 Å². The minimum absolute atomic E-state index is 0.110. The number of sulfone groups is 1.